The number of aromatic nitrogens is 1. The molecule has 7 heteroatoms. The van der Waals surface area contributed by atoms with Crippen LogP contribution in [0.3, 0.4) is 0 Å². The van der Waals surface area contributed by atoms with Crippen LogP contribution < -0.4 is 4.90 Å². The van der Waals surface area contributed by atoms with E-state index in [2.05, 4.69) is 9.88 Å². The molecule has 0 unspecified atom stereocenters. The summed E-state index contributed by atoms with van der Waals surface area (Å²) in [7, 11) is 0. The third kappa shape index (κ3) is 4.38. The summed E-state index contributed by atoms with van der Waals surface area (Å²) in [6.45, 7) is 4.76. The lowest BCUT2D eigenvalue weighted by Crippen LogP contribution is -2.39. The molecule has 146 valence electrons. The van der Waals surface area contributed by atoms with E-state index in [0.717, 1.165) is 49.5 Å². The molecule has 4 rings (SSSR count). The average molecular weight is 399 g/mol. The van der Waals surface area contributed by atoms with E-state index in [9.17, 15) is 9.18 Å². The average Bonchev–Trinajstić information content (AvgIpc) is 3.15. The predicted molar refractivity (Wildman–Crippen MR) is 110 cm³/mol. The number of carbonyl (C=O) groups excluding carboxylic acids is 1. The number of ether oxygens (including phenoxy) is 1. The van der Waals surface area contributed by atoms with Crippen molar-refractivity contribution in [3.63, 3.8) is 0 Å². The third-order valence-corrected chi connectivity index (χ3v) is 5.85. The Morgan fingerprint density at radius 1 is 1.18 bits per heavy atom. The maximum atomic E-state index is 13.7. The van der Waals surface area contributed by atoms with Crippen LogP contribution in [0, 0.1) is 5.82 Å². The largest absolute Gasteiger partial charge is 0.379 e. The van der Waals surface area contributed by atoms with Gasteiger partial charge in [0.2, 0.25) is 0 Å². The van der Waals surface area contributed by atoms with Gasteiger partial charge in [-0.2, -0.15) is 0 Å². The van der Waals surface area contributed by atoms with E-state index in [-0.39, 0.29) is 5.91 Å². The molecular weight excluding hydrogens is 377 g/mol. The molecule has 0 N–H and O–H groups in total. The quantitative estimate of drug-likeness (QED) is 0.632. The van der Waals surface area contributed by atoms with E-state index in [1.165, 1.54) is 23.5 Å². The van der Waals surface area contributed by atoms with Crippen molar-refractivity contribution in [1.29, 1.82) is 0 Å². The molecule has 0 bridgehead atoms. The number of thiazole rings is 1. The van der Waals surface area contributed by atoms with Crippen LogP contribution in [-0.4, -0.2) is 55.2 Å². The zero-order chi connectivity index (χ0) is 19.3. The standard InChI is InChI=1S/C21H22FN3O2S/c22-17-6-3-5-16(15-17)20(26)25(10-4-9-24-11-13-27-14-12-24)21-23-18-7-1-2-8-19(18)28-21/h1-3,5-8,15H,4,9-14H2. The molecule has 1 aliphatic heterocycles. The monoisotopic (exact) mass is 399 g/mol. The molecule has 5 nitrogen and oxygen atoms in total. The highest BCUT2D eigenvalue weighted by molar-refractivity contribution is 7.22. The number of para-hydroxylation sites is 1. The van der Waals surface area contributed by atoms with Gasteiger partial charge in [-0.1, -0.05) is 29.5 Å². The number of carbonyl (C=O) groups is 1. The maximum absolute atomic E-state index is 13.7. The maximum Gasteiger partial charge on any atom is 0.260 e. The van der Waals surface area contributed by atoms with Crippen molar-refractivity contribution < 1.29 is 13.9 Å². The van der Waals surface area contributed by atoms with Crippen molar-refractivity contribution in [1.82, 2.24) is 9.88 Å². The summed E-state index contributed by atoms with van der Waals surface area (Å²) in [5.74, 6) is -0.635. The van der Waals surface area contributed by atoms with E-state index in [1.54, 1.807) is 17.0 Å². The van der Waals surface area contributed by atoms with Crippen molar-refractivity contribution in [3.8, 4) is 0 Å². The minimum absolute atomic E-state index is 0.222. The molecule has 28 heavy (non-hydrogen) atoms. The summed E-state index contributed by atoms with van der Waals surface area (Å²) in [4.78, 5) is 21.8. The van der Waals surface area contributed by atoms with Gasteiger partial charge < -0.3 is 4.74 Å². The molecule has 0 radical (unpaired) electrons. The minimum Gasteiger partial charge on any atom is -0.379 e. The van der Waals surface area contributed by atoms with Gasteiger partial charge in [0.1, 0.15) is 5.82 Å². The van der Waals surface area contributed by atoms with Crippen LogP contribution in [0.4, 0.5) is 9.52 Å². The Kier molecular flexibility index (Phi) is 5.95. The van der Waals surface area contributed by atoms with Crippen molar-refractivity contribution in [2.75, 3.05) is 44.3 Å². The van der Waals surface area contributed by atoms with E-state index in [4.69, 9.17) is 4.74 Å². The van der Waals surface area contributed by atoms with Gasteiger partial charge in [0, 0.05) is 31.7 Å². The van der Waals surface area contributed by atoms with Crippen LogP contribution in [0.15, 0.2) is 48.5 Å². The molecule has 0 aliphatic carbocycles. The molecule has 3 aromatic rings. The van der Waals surface area contributed by atoms with Gasteiger partial charge in [0.15, 0.2) is 5.13 Å². The SMILES string of the molecule is O=C(c1cccc(F)c1)N(CCCN1CCOCC1)c1nc2ccccc2s1. The van der Waals surface area contributed by atoms with Crippen LogP contribution in [0.2, 0.25) is 0 Å². The number of hydrogen-bond acceptors (Lipinski definition) is 5. The Morgan fingerprint density at radius 3 is 2.79 bits per heavy atom. The Hall–Kier alpha value is -2.35. The fraction of sp³-hybridized carbons (Fsp3) is 0.333. The van der Waals surface area contributed by atoms with Gasteiger partial charge in [-0.05, 0) is 36.8 Å². The predicted octanol–water partition coefficient (Wildman–Crippen LogP) is 3.80. The van der Waals surface area contributed by atoms with Gasteiger partial charge in [-0.25, -0.2) is 9.37 Å². The molecule has 1 aromatic heterocycles. The number of amides is 1. The molecule has 0 atom stereocenters. The van der Waals surface area contributed by atoms with Gasteiger partial charge >= 0.3 is 0 Å². The highest BCUT2D eigenvalue weighted by atomic mass is 32.1. The van der Waals surface area contributed by atoms with Crippen LogP contribution in [0.5, 0.6) is 0 Å². The number of anilines is 1. The van der Waals surface area contributed by atoms with E-state index in [0.29, 0.717) is 17.2 Å². The highest BCUT2D eigenvalue weighted by Crippen LogP contribution is 2.29. The molecule has 1 fully saturated rings. The molecule has 1 amide bonds. The molecular formula is C21H22FN3O2S. The zero-order valence-electron chi connectivity index (χ0n) is 15.5. The first-order valence-corrected chi connectivity index (χ1v) is 10.3. The number of halogens is 1. The van der Waals surface area contributed by atoms with Crippen molar-refractivity contribution >= 4 is 32.6 Å². The second-order valence-corrected chi connectivity index (χ2v) is 7.75. The van der Waals surface area contributed by atoms with E-state index >= 15 is 0 Å². The van der Waals surface area contributed by atoms with Gasteiger partial charge in [0.25, 0.3) is 5.91 Å². The molecule has 1 saturated heterocycles. The van der Waals surface area contributed by atoms with Crippen LogP contribution in [0.1, 0.15) is 16.8 Å². The molecule has 0 spiro atoms. The summed E-state index contributed by atoms with van der Waals surface area (Å²) < 4.78 is 20.1. The highest BCUT2D eigenvalue weighted by Gasteiger charge is 2.22. The van der Waals surface area contributed by atoms with Crippen molar-refractivity contribution in [3.05, 3.63) is 59.9 Å². The van der Waals surface area contributed by atoms with Crippen molar-refractivity contribution in [2.24, 2.45) is 0 Å². The molecule has 2 aromatic carbocycles. The number of benzene rings is 2. The van der Waals surface area contributed by atoms with Crippen LogP contribution in [-0.2, 0) is 4.74 Å². The number of rotatable bonds is 6. The van der Waals surface area contributed by atoms with Gasteiger partial charge in [-0.3, -0.25) is 14.6 Å². The summed E-state index contributed by atoms with van der Waals surface area (Å²) in [6.07, 6.45) is 0.816. The van der Waals surface area contributed by atoms with E-state index in [1.807, 2.05) is 24.3 Å². The summed E-state index contributed by atoms with van der Waals surface area (Å²) in [6, 6.07) is 13.7. The van der Waals surface area contributed by atoms with E-state index < -0.39 is 5.82 Å². The fourth-order valence-corrected chi connectivity index (χ4v) is 4.30. The number of morpholine rings is 1. The minimum atomic E-state index is -0.414. The van der Waals surface area contributed by atoms with Crippen LogP contribution in [0.25, 0.3) is 10.2 Å². The number of nitrogens with zero attached hydrogens (tertiary/aromatic N) is 3. The molecule has 2 heterocycles. The zero-order valence-corrected chi connectivity index (χ0v) is 16.3. The lowest BCUT2D eigenvalue weighted by molar-refractivity contribution is 0.0376. The Morgan fingerprint density at radius 2 is 2.00 bits per heavy atom. The smallest absolute Gasteiger partial charge is 0.260 e. The Labute approximate surface area is 167 Å². The normalized spacial score (nSPS) is 15.0. The second kappa shape index (κ2) is 8.77. The Balaban J connectivity index is 1.55. The number of fused-ring (bicyclic) bond motifs is 1. The van der Waals surface area contributed by atoms with Crippen LogP contribution >= 0.6 is 11.3 Å². The summed E-state index contributed by atoms with van der Waals surface area (Å²) >= 11 is 1.49. The fourth-order valence-electron chi connectivity index (χ4n) is 3.31. The molecule has 1 aliphatic rings. The van der Waals surface area contributed by atoms with Gasteiger partial charge in [-0.15, -0.1) is 0 Å². The first kappa shape index (κ1) is 19.0. The third-order valence-electron chi connectivity index (χ3n) is 4.79. The summed E-state index contributed by atoms with van der Waals surface area (Å²) in [5.41, 5.74) is 1.21. The lowest BCUT2D eigenvalue weighted by atomic mass is 10.2. The molecule has 0 saturated carbocycles. The second-order valence-electron chi connectivity index (χ2n) is 6.74. The van der Waals surface area contributed by atoms with Gasteiger partial charge in [0.05, 0.1) is 23.4 Å². The number of hydrogen-bond donors (Lipinski definition) is 0. The first-order valence-electron chi connectivity index (χ1n) is 9.44. The first-order chi connectivity index (χ1) is 13.7. The Bertz CT molecular complexity index is 922. The summed E-state index contributed by atoms with van der Waals surface area (Å²) in [5, 5.41) is 0.650. The lowest BCUT2D eigenvalue weighted by Gasteiger charge is -2.27. The topological polar surface area (TPSA) is 45.7 Å². The van der Waals surface area contributed by atoms with Crippen molar-refractivity contribution in [2.45, 2.75) is 6.42 Å².